The number of hydrogen-bond acceptors (Lipinski definition) is 3. The smallest absolute Gasteiger partial charge is 0.285 e. The van der Waals surface area contributed by atoms with Crippen molar-refractivity contribution in [3.8, 4) is 0 Å². The van der Waals surface area contributed by atoms with Gasteiger partial charge in [-0.2, -0.15) is 0 Å². The van der Waals surface area contributed by atoms with Gasteiger partial charge in [-0.05, 0) is 24.3 Å². The zero-order valence-corrected chi connectivity index (χ0v) is 9.40. The van der Waals surface area contributed by atoms with Crippen LogP contribution in [-0.4, -0.2) is 12.6 Å². The summed E-state index contributed by atoms with van der Waals surface area (Å²) in [5.74, 6) is -0.354. The summed E-state index contributed by atoms with van der Waals surface area (Å²) in [6.45, 7) is 0.319. The number of halogens is 1. The molecule has 1 aliphatic rings. The highest BCUT2D eigenvalue weighted by Gasteiger charge is 2.18. The van der Waals surface area contributed by atoms with Crippen molar-refractivity contribution in [1.29, 1.82) is 0 Å². The fraction of sp³-hybridized carbons (Fsp3) is 0.100. The highest BCUT2D eigenvalue weighted by Crippen LogP contribution is 2.22. The Balaban J connectivity index is 2.20. The molecule has 1 amide bonds. The number of carbonyl (C=O) groups is 1. The molecule has 0 saturated carbocycles. The maximum Gasteiger partial charge on any atom is 0.285 e. The van der Waals surface area contributed by atoms with Crippen molar-refractivity contribution in [1.82, 2.24) is 0 Å². The second-order valence-corrected chi connectivity index (χ2v) is 3.99. The zero-order valence-electron chi connectivity index (χ0n) is 7.81. The van der Waals surface area contributed by atoms with Crippen LogP contribution < -0.4 is 10.6 Å². The first-order chi connectivity index (χ1) is 7.16. The predicted molar refractivity (Wildman–Crippen MR) is 59.9 cm³/mol. The van der Waals surface area contributed by atoms with Crippen LogP contribution >= 0.6 is 15.9 Å². The van der Waals surface area contributed by atoms with E-state index in [-0.39, 0.29) is 5.76 Å². The Bertz CT molecular complexity index is 414. The van der Waals surface area contributed by atoms with Crippen molar-refractivity contribution in [2.45, 2.75) is 0 Å². The molecule has 5 heteroatoms. The molecule has 2 rings (SSSR count). The lowest BCUT2D eigenvalue weighted by Gasteiger charge is -2.12. The van der Waals surface area contributed by atoms with Crippen molar-refractivity contribution < 1.29 is 9.53 Å². The van der Waals surface area contributed by atoms with E-state index >= 15 is 0 Å². The Hall–Kier alpha value is -1.49. The molecule has 0 aromatic heterocycles. The van der Waals surface area contributed by atoms with E-state index in [1.54, 1.807) is 6.20 Å². The number of ether oxygens (including phenoxy) is 1. The van der Waals surface area contributed by atoms with E-state index < -0.39 is 5.91 Å². The van der Waals surface area contributed by atoms with E-state index in [2.05, 4.69) is 15.9 Å². The highest BCUT2D eigenvalue weighted by atomic mass is 79.9. The van der Waals surface area contributed by atoms with Crippen LogP contribution in [0.15, 0.2) is 40.7 Å². The standard InChI is InChI=1S/C10H9BrN2O2/c11-7-1-3-8(4-2-7)13-5-9(10(12)14)15-6-13/h1-5H,6H2,(H2,12,14). The Morgan fingerprint density at radius 1 is 1.40 bits per heavy atom. The molecule has 0 saturated heterocycles. The number of primary amides is 1. The molecule has 78 valence electrons. The van der Waals surface area contributed by atoms with Gasteiger partial charge >= 0.3 is 0 Å². The number of amides is 1. The summed E-state index contributed by atoms with van der Waals surface area (Å²) in [7, 11) is 0. The number of carbonyl (C=O) groups excluding carboxylic acids is 1. The van der Waals surface area contributed by atoms with Gasteiger partial charge in [-0.3, -0.25) is 4.79 Å². The Morgan fingerprint density at radius 2 is 2.07 bits per heavy atom. The van der Waals surface area contributed by atoms with Crippen LogP contribution in [0.2, 0.25) is 0 Å². The molecule has 4 nitrogen and oxygen atoms in total. The Labute approximate surface area is 95.4 Å². The number of rotatable bonds is 2. The SMILES string of the molecule is NC(=O)C1=CN(c2ccc(Br)cc2)CO1. The van der Waals surface area contributed by atoms with Crippen LogP contribution in [0.4, 0.5) is 5.69 Å². The van der Waals surface area contributed by atoms with Gasteiger partial charge in [0.25, 0.3) is 5.91 Å². The van der Waals surface area contributed by atoms with Crippen LogP contribution in [0.25, 0.3) is 0 Å². The molecule has 0 atom stereocenters. The molecule has 0 unspecified atom stereocenters. The molecule has 1 aromatic rings. The highest BCUT2D eigenvalue weighted by molar-refractivity contribution is 9.10. The Morgan fingerprint density at radius 3 is 2.60 bits per heavy atom. The van der Waals surface area contributed by atoms with Gasteiger partial charge in [-0.1, -0.05) is 15.9 Å². The van der Waals surface area contributed by atoms with Gasteiger partial charge in [0.2, 0.25) is 5.76 Å². The maximum atomic E-state index is 10.8. The maximum absolute atomic E-state index is 10.8. The molecular formula is C10H9BrN2O2. The van der Waals surface area contributed by atoms with Gasteiger partial charge in [-0.15, -0.1) is 0 Å². The summed E-state index contributed by atoms with van der Waals surface area (Å²) >= 11 is 3.35. The molecule has 1 heterocycles. The summed E-state index contributed by atoms with van der Waals surface area (Å²) in [6.07, 6.45) is 1.60. The van der Waals surface area contributed by atoms with E-state index in [1.807, 2.05) is 29.2 Å². The number of nitrogens with zero attached hydrogens (tertiary/aromatic N) is 1. The number of anilines is 1. The largest absolute Gasteiger partial charge is 0.465 e. The van der Waals surface area contributed by atoms with Crippen LogP contribution in [0.1, 0.15) is 0 Å². The topological polar surface area (TPSA) is 55.6 Å². The van der Waals surface area contributed by atoms with Crippen LogP contribution in [0.5, 0.6) is 0 Å². The second kappa shape index (κ2) is 3.94. The summed E-state index contributed by atoms with van der Waals surface area (Å²) in [5.41, 5.74) is 6.05. The first-order valence-electron chi connectivity index (χ1n) is 4.33. The molecule has 0 aliphatic carbocycles. The first kappa shape index (κ1) is 10.0. The molecule has 0 bridgehead atoms. The fourth-order valence-electron chi connectivity index (χ4n) is 1.27. The van der Waals surface area contributed by atoms with E-state index in [1.165, 1.54) is 0 Å². The summed E-state index contributed by atoms with van der Waals surface area (Å²) in [5, 5.41) is 0. The molecule has 0 radical (unpaired) electrons. The van der Waals surface area contributed by atoms with E-state index in [4.69, 9.17) is 10.5 Å². The van der Waals surface area contributed by atoms with Gasteiger partial charge in [0, 0.05) is 10.2 Å². The fourth-order valence-corrected chi connectivity index (χ4v) is 1.54. The van der Waals surface area contributed by atoms with E-state index in [0.29, 0.717) is 6.73 Å². The van der Waals surface area contributed by atoms with Crippen molar-refractivity contribution in [3.05, 3.63) is 40.7 Å². The number of benzene rings is 1. The monoisotopic (exact) mass is 268 g/mol. The number of hydrogen-bond donors (Lipinski definition) is 1. The second-order valence-electron chi connectivity index (χ2n) is 3.08. The normalized spacial score (nSPS) is 14.7. The van der Waals surface area contributed by atoms with Gasteiger partial charge < -0.3 is 15.4 Å². The molecule has 0 fully saturated rings. The summed E-state index contributed by atoms with van der Waals surface area (Å²) in [4.78, 5) is 12.6. The third-order valence-corrected chi connectivity index (χ3v) is 2.56. The van der Waals surface area contributed by atoms with Crippen LogP contribution in [0.3, 0.4) is 0 Å². The molecule has 1 aromatic carbocycles. The quantitative estimate of drug-likeness (QED) is 0.886. The molecular weight excluding hydrogens is 260 g/mol. The molecule has 0 spiro atoms. The lowest BCUT2D eigenvalue weighted by Crippen LogP contribution is -2.13. The molecule has 2 N–H and O–H groups in total. The minimum atomic E-state index is -0.547. The van der Waals surface area contributed by atoms with E-state index in [0.717, 1.165) is 10.2 Å². The predicted octanol–water partition coefficient (Wildman–Crippen LogP) is 1.57. The number of nitrogens with two attached hydrogens (primary N) is 1. The Kier molecular flexibility index (Phi) is 2.64. The minimum absolute atomic E-state index is 0.193. The van der Waals surface area contributed by atoms with Crippen LogP contribution in [-0.2, 0) is 9.53 Å². The molecule has 15 heavy (non-hydrogen) atoms. The van der Waals surface area contributed by atoms with Gasteiger partial charge in [0.05, 0.1) is 6.20 Å². The first-order valence-corrected chi connectivity index (χ1v) is 5.13. The van der Waals surface area contributed by atoms with Gasteiger partial charge in [0.15, 0.2) is 6.73 Å². The average molecular weight is 269 g/mol. The lowest BCUT2D eigenvalue weighted by molar-refractivity contribution is -0.117. The zero-order chi connectivity index (χ0) is 10.8. The van der Waals surface area contributed by atoms with Crippen LogP contribution in [0, 0.1) is 0 Å². The van der Waals surface area contributed by atoms with Crippen molar-refractivity contribution >= 4 is 27.5 Å². The van der Waals surface area contributed by atoms with Gasteiger partial charge in [0.1, 0.15) is 0 Å². The summed E-state index contributed by atoms with van der Waals surface area (Å²) < 4.78 is 6.12. The van der Waals surface area contributed by atoms with Crippen molar-refractivity contribution in [2.24, 2.45) is 5.73 Å². The van der Waals surface area contributed by atoms with Crippen molar-refractivity contribution in [2.75, 3.05) is 11.6 Å². The van der Waals surface area contributed by atoms with E-state index in [9.17, 15) is 4.79 Å². The lowest BCUT2D eigenvalue weighted by atomic mass is 10.3. The minimum Gasteiger partial charge on any atom is -0.465 e. The van der Waals surface area contributed by atoms with Crippen molar-refractivity contribution in [3.63, 3.8) is 0 Å². The molecule has 1 aliphatic heterocycles. The third-order valence-electron chi connectivity index (χ3n) is 2.03. The average Bonchev–Trinajstić information content (AvgIpc) is 2.68. The summed E-state index contributed by atoms with van der Waals surface area (Å²) in [6, 6.07) is 7.69. The van der Waals surface area contributed by atoms with Gasteiger partial charge in [-0.25, -0.2) is 0 Å². The third kappa shape index (κ3) is 2.12.